The minimum Gasteiger partial charge on any atom is -0.480 e. The van der Waals surface area contributed by atoms with Gasteiger partial charge in [-0.05, 0) is 38.5 Å². The number of carboxylic acid groups (broad SMARTS) is 1. The Morgan fingerprint density at radius 1 is 1.35 bits per heavy atom. The lowest BCUT2D eigenvalue weighted by Crippen LogP contribution is -2.49. The first-order valence-electron chi connectivity index (χ1n) is 5.24. The number of benzene rings is 1. The van der Waals surface area contributed by atoms with E-state index in [0.29, 0.717) is 0 Å². The number of hydrogen-bond acceptors (Lipinski definition) is 2. The van der Waals surface area contributed by atoms with Crippen molar-refractivity contribution in [1.82, 2.24) is 5.32 Å². The summed E-state index contributed by atoms with van der Waals surface area (Å²) in [7, 11) is 0. The standard InChI is InChI=1S/C12H15F2NO2/c1-7(2)15-12(3,11(16)17)8-4-5-9(13)10(14)6-8/h4-7,15H,1-3H3,(H,16,17). The Morgan fingerprint density at radius 3 is 2.35 bits per heavy atom. The Balaban J connectivity index is 3.22. The zero-order valence-electron chi connectivity index (χ0n) is 9.92. The lowest BCUT2D eigenvalue weighted by atomic mass is 9.91. The van der Waals surface area contributed by atoms with Crippen molar-refractivity contribution in [3.05, 3.63) is 35.4 Å². The number of rotatable bonds is 4. The number of halogens is 2. The van der Waals surface area contributed by atoms with Crippen molar-refractivity contribution in [3.63, 3.8) is 0 Å². The number of carbonyl (C=O) groups is 1. The molecule has 1 aromatic carbocycles. The topological polar surface area (TPSA) is 49.3 Å². The third-order valence-electron chi connectivity index (χ3n) is 2.50. The normalized spacial score (nSPS) is 14.7. The van der Waals surface area contributed by atoms with Crippen LogP contribution in [0.4, 0.5) is 8.78 Å². The molecule has 0 aromatic heterocycles. The SMILES string of the molecule is CC(C)NC(C)(C(=O)O)c1ccc(F)c(F)c1. The molecule has 0 aliphatic heterocycles. The minimum absolute atomic E-state index is 0.107. The third-order valence-corrected chi connectivity index (χ3v) is 2.50. The predicted molar refractivity (Wildman–Crippen MR) is 59.6 cm³/mol. The van der Waals surface area contributed by atoms with Gasteiger partial charge in [0.2, 0.25) is 0 Å². The highest BCUT2D eigenvalue weighted by Gasteiger charge is 2.36. The Kier molecular flexibility index (Phi) is 3.83. The largest absolute Gasteiger partial charge is 0.480 e. The van der Waals surface area contributed by atoms with Gasteiger partial charge in [-0.1, -0.05) is 6.07 Å². The Labute approximate surface area is 98.5 Å². The first-order chi connectivity index (χ1) is 7.77. The van der Waals surface area contributed by atoms with E-state index in [1.54, 1.807) is 13.8 Å². The summed E-state index contributed by atoms with van der Waals surface area (Å²) >= 11 is 0. The Bertz CT molecular complexity index is 435. The third kappa shape index (κ3) is 2.79. The van der Waals surface area contributed by atoms with Gasteiger partial charge in [-0.3, -0.25) is 5.32 Å². The molecule has 0 amide bonds. The van der Waals surface area contributed by atoms with Gasteiger partial charge in [0.25, 0.3) is 0 Å². The van der Waals surface area contributed by atoms with Crippen molar-refractivity contribution in [2.24, 2.45) is 0 Å². The lowest BCUT2D eigenvalue weighted by Gasteiger charge is -2.29. The maximum absolute atomic E-state index is 13.1. The molecular formula is C12H15F2NO2. The summed E-state index contributed by atoms with van der Waals surface area (Å²) < 4.78 is 25.9. The fourth-order valence-corrected chi connectivity index (χ4v) is 1.65. The van der Waals surface area contributed by atoms with Gasteiger partial charge in [-0.15, -0.1) is 0 Å². The molecule has 0 heterocycles. The molecular weight excluding hydrogens is 228 g/mol. The molecule has 0 aliphatic carbocycles. The molecule has 5 heteroatoms. The van der Waals surface area contributed by atoms with Gasteiger partial charge in [0.1, 0.15) is 5.54 Å². The van der Waals surface area contributed by atoms with Crippen LogP contribution in [0.1, 0.15) is 26.3 Å². The maximum Gasteiger partial charge on any atom is 0.328 e. The summed E-state index contributed by atoms with van der Waals surface area (Å²) in [4.78, 5) is 11.3. The number of hydrogen-bond donors (Lipinski definition) is 2. The highest BCUT2D eigenvalue weighted by Crippen LogP contribution is 2.23. The molecule has 94 valence electrons. The summed E-state index contributed by atoms with van der Waals surface area (Å²) in [5, 5.41) is 12.0. The van der Waals surface area contributed by atoms with Gasteiger partial charge in [0, 0.05) is 6.04 Å². The van der Waals surface area contributed by atoms with Crippen LogP contribution in [-0.2, 0) is 10.3 Å². The second kappa shape index (κ2) is 4.79. The van der Waals surface area contributed by atoms with E-state index in [-0.39, 0.29) is 11.6 Å². The zero-order valence-corrected chi connectivity index (χ0v) is 9.92. The molecule has 0 fully saturated rings. The van der Waals surface area contributed by atoms with Crippen molar-refractivity contribution in [2.75, 3.05) is 0 Å². The van der Waals surface area contributed by atoms with E-state index in [1.807, 2.05) is 0 Å². The van der Waals surface area contributed by atoms with Gasteiger partial charge >= 0.3 is 5.97 Å². The highest BCUT2D eigenvalue weighted by molar-refractivity contribution is 5.80. The molecule has 1 atom stereocenters. The van der Waals surface area contributed by atoms with E-state index >= 15 is 0 Å². The zero-order chi connectivity index (χ0) is 13.2. The lowest BCUT2D eigenvalue weighted by molar-refractivity contribution is -0.144. The highest BCUT2D eigenvalue weighted by atomic mass is 19.2. The van der Waals surface area contributed by atoms with Crippen LogP contribution >= 0.6 is 0 Å². The van der Waals surface area contributed by atoms with Gasteiger partial charge in [0.05, 0.1) is 0 Å². The van der Waals surface area contributed by atoms with E-state index in [4.69, 9.17) is 0 Å². The summed E-state index contributed by atoms with van der Waals surface area (Å²) in [5.41, 5.74) is -1.26. The van der Waals surface area contributed by atoms with Crippen LogP contribution in [0, 0.1) is 11.6 Å². The van der Waals surface area contributed by atoms with Crippen molar-refractivity contribution >= 4 is 5.97 Å². The molecule has 17 heavy (non-hydrogen) atoms. The summed E-state index contributed by atoms with van der Waals surface area (Å²) in [6, 6.07) is 2.98. The summed E-state index contributed by atoms with van der Waals surface area (Å²) in [6.45, 7) is 4.98. The molecule has 0 aliphatic rings. The van der Waals surface area contributed by atoms with Crippen LogP contribution in [0.15, 0.2) is 18.2 Å². The van der Waals surface area contributed by atoms with Crippen LogP contribution in [0.3, 0.4) is 0 Å². The second-order valence-corrected chi connectivity index (χ2v) is 4.36. The van der Waals surface area contributed by atoms with Crippen molar-refractivity contribution in [2.45, 2.75) is 32.4 Å². The molecule has 1 rings (SSSR count). The number of carboxylic acids is 1. The smallest absolute Gasteiger partial charge is 0.328 e. The number of aliphatic carboxylic acids is 1. The fraction of sp³-hybridized carbons (Fsp3) is 0.417. The van der Waals surface area contributed by atoms with Crippen LogP contribution in [0.5, 0.6) is 0 Å². The average Bonchev–Trinajstić information content (AvgIpc) is 2.20. The molecule has 0 saturated carbocycles. The van der Waals surface area contributed by atoms with Crippen LogP contribution < -0.4 is 5.32 Å². The molecule has 0 radical (unpaired) electrons. The molecule has 0 spiro atoms. The molecule has 0 saturated heterocycles. The predicted octanol–water partition coefficient (Wildman–Crippen LogP) is 2.26. The maximum atomic E-state index is 13.1. The van der Waals surface area contributed by atoms with Gasteiger partial charge in [-0.25, -0.2) is 13.6 Å². The van der Waals surface area contributed by atoms with E-state index < -0.39 is 23.1 Å². The van der Waals surface area contributed by atoms with E-state index in [2.05, 4.69) is 5.32 Å². The number of nitrogens with one attached hydrogen (secondary N) is 1. The average molecular weight is 243 g/mol. The van der Waals surface area contributed by atoms with E-state index in [1.165, 1.54) is 13.0 Å². The monoisotopic (exact) mass is 243 g/mol. The van der Waals surface area contributed by atoms with Crippen molar-refractivity contribution in [1.29, 1.82) is 0 Å². The first kappa shape index (κ1) is 13.6. The summed E-state index contributed by atoms with van der Waals surface area (Å²) in [6.07, 6.45) is 0. The first-order valence-corrected chi connectivity index (χ1v) is 5.24. The molecule has 0 bridgehead atoms. The van der Waals surface area contributed by atoms with Crippen molar-refractivity contribution < 1.29 is 18.7 Å². The summed E-state index contributed by atoms with van der Waals surface area (Å²) in [5.74, 6) is -3.19. The second-order valence-electron chi connectivity index (χ2n) is 4.36. The quantitative estimate of drug-likeness (QED) is 0.852. The molecule has 1 unspecified atom stereocenters. The Hall–Kier alpha value is -1.49. The molecule has 2 N–H and O–H groups in total. The Morgan fingerprint density at radius 2 is 1.94 bits per heavy atom. The van der Waals surface area contributed by atoms with Crippen LogP contribution in [0.2, 0.25) is 0 Å². The van der Waals surface area contributed by atoms with Crippen LogP contribution in [0.25, 0.3) is 0 Å². The van der Waals surface area contributed by atoms with Gasteiger partial charge in [0.15, 0.2) is 11.6 Å². The van der Waals surface area contributed by atoms with Crippen LogP contribution in [-0.4, -0.2) is 17.1 Å². The van der Waals surface area contributed by atoms with Gasteiger partial charge < -0.3 is 5.11 Å². The molecule has 3 nitrogen and oxygen atoms in total. The van der Waals surface area contributed by atoms with E-state index in [9.17, 15) is 18.7 Å². The molecule has 1 aromatic rings. The van der Waals surface area contributed by atoms with Crippen molar-refractivity contribution in [3.8, 4) is 0 Å². The minimum atomic E-state index is -1.44. The van der Waals surface area contributed by atoms with Gasteiger partial charge in [-0.2, -0.15) is 0 Å². The fourth-order valence-electron chi connectivity index (χ4n) is 1.65. The van der Waals surface area contributed by atoms with E-state index in [0.717, 1.165) is 12.1 Å².